The molecule has 30 heavy (non-hydrogen) atoms. The topological polar surface area (TPSA) is 86.8 Å². The molecule has 1 fully saturated rings. The van der Waals surface area contributed by atoms with Crippen molar-refractivity contribution in [3.8, 4) is 0 Å². The van der Waals surface area contributed by atoms with Crippen molar-refractivity contribution >= 4 is 27.5 Å². The molecule has 1 N–H and O–H groups in total. The molecule has 1 aliphatic rings. The van der Waals surface area contributed by atoms with Crippen LogP contribution >= 0.6 is 0 Å². The van der Waals surface area contributed by atoms with Gasteiger partial charge in [-0.15, -0.1) is 0 Å². The SMILES string of the molecule is Cc1ccc(C)c(N2C(=O)CN(S(C)(=O)=O)C[C@]2(C)C(=O)NCc2ccccc2)c1. The number of hydrogen-bond donors (Lipinski definition) is 1. The van der Waals surface area contributed by atoms with E-state index in [1.165, 1.54) is 4.90 Å². The number of nitrogens with one attached hydrogen (secondary N) is 1. The van der Waals surface area contributed by atoms with Gasteiger partial charge in [-0.25, -0.2) is 8.42 Å². The average molecular weight is 430 g/mol. The molecule has 160 valence electrons. The summed E-state index contributed by atoms with van der Waals surface area (Å²) in [4.78, 5) is 28.0. The number of carbonyl (C=O) groups is 2. The lowest BCUT2D eigenvalue weighted by atomic mass is 9.93. The molecule has 1 aliphatic heterocycles. The number of aryl methyl sites for hydroxylation is 2. The lowest BCUT2D eigenvalue weighted by Crippen LogP contribution is -2.70. The fourth-order valence-corrected chi connectivity index (χ4v) is 4.53. The van der Waals surface area contributed by atoms with Gasteiger partial charge in [0.25, 0.3) is 0 Å². The van der Waals surface area contributed by atoms with E-state index in [-0.39, 0.29) is 19.6 Å². The molecule has 2 aromatic carbocycles. The summed E-state index contributed by atoms with van der Waals surface area (Å²) in [6.07, 6.45) is 1.05. The van der Waals surface area contributed by atoms with Gasteiger partial charge in [0.15, 0.2) is 0 Å². The van der Waals surface area contributed by atoms with Gasteiger partial charge in [-0.2, -0.15) is 4.31 Å². The van der Waals surface area contributed by atoms with E-state index in [0.29, 0.717) is 5.69 Å². The zero-order valence-electron chi connectivity index (χ0n) is 17.7. The van der Waals surface area contributed by atoms with Crippen LogP contribution in [0.5, 0.6) is 0 Å². The Morgan fingerprint density at radius 2 is 1.80 bits per heavy atom. The zero-order chi connectivity index (χ0) is 22.1. The highest BCUT2D eigenvalue weighted by atomic mass is 32.2. The lowest BCUT2D eigenvalue weighted by molar-refractivity contribution is -0.133. The van der Waals surface area contributed by atoms with E-state index < -0.39 is 27.4 Å². The van der Waals surface area contributed by atoms with Crippen molar-refractivity contribution in [3.63, 3.8) is 0 Å². The first-order chi connectivity index (χ1) is 14.0. The monoisotopic (exact) mass is 429 g/mol. The normalized spacial score (nSPS) is 20.3. The predicted molar refractivity (Wildman–Crippen MR) is 117 cm³/mol. The van der Waals surface area contributed by atoms with Crippen LogP contribution in [-0.2, 0) is 26.2 Å². The van der Waals surface area contributed by atoms with E-state index in [4.69, 9.17) is 0 Å². The quantitative estimate of drug-likeness (QED) is 0.788. The Morgan fingerprint density at radius 1 is 1.13 bits per heavy atom. The molecule has 0 saturated carbocycles. The van der Waals surface area contributed by atoms with Gasteiger partial charge in [0.2, 0.25) is 21.8 Å². The molecule has 7 nitrogen and oxygen atoms in total. The number of benzene rings is 2. The molecular formula is C22H27N3O4S. The smallest absolute Gasteiger partial charge is 0.247 e. The number of nitrogens with zero attached hydrogens (tertiary/aromatic N) is 2. The largest absolute Gasteiger partial charge is 0.350 e. The minimum atomic E-state index is -3.65. The first-order valence-corrected chi connectivity index (χ1v) is 11.5. The van der Waals surface area contributed by atoms with Crippen LogP contribution in [0.1, 0.15) is 23.6 Å². The lowest BCUT2D eigenvalue weighted by Gasteiger charge is -2.47. The molecule has 1 atom stereocenters. The molecule has 0 spiro atoms. The Kier molecular flexibility index (Phi) is 6.01. The summed E-state index contributed by atoms with van der Waals surface area (Å²) >= 11 is 0. The van der Waals surface area contributed by atoms with Gasteiger partial charge in [0.1, 0.15) is 5.54 Å². The van der Waals surface area contributed by atoms with Crippen LogP contribution in [0.2, 0.25) is 0 Å². The predicted octanol–water partition coefficient (Wildman–Crippen LogP) is 1.99. The maximum atomic E-state index is 13.4. The molecule has 0 radical (unpaired) electrons. The van der Waals surface area contributed by atoms with Crippen LogP contribution in [0.4, 0.5) is 5.69 Å². The summed E-state index contributed by atoms with van der Waals surface area (Å²) < 4.78 is 25.5. The van der Waals surface area contributed by atoms with Crippen LogP contribution in [-0.4, -0.2) is 49.4 Å². The highest BCUT2D eigenvalue weighted by molar-refractivity contribution is 7.88. The third-order valence-corrected chi connectivity index (χ3v) is 6.59. The standard InChI is InChI=1S/C22H27N3O4S/c1-16-10-11-17(2)19(12-16)25-20(26)14-24(30(4,28)29)15-22(25,3)21(27)23-13-18-8-6-5-7-9-18/h5-12H,13-15H2,1-4H3,(H,23,27)/t22-/m1/s1. The van der Waals surface area contributed by atoms with Gasteiger partial charge in [-0.3, -0.25) is 14.5 Å². The highest BCUT2D eigenvalue weighted by Gasteiger charge is 2.50. The Morgan fingerprint density at radius 3 is 2.43 bits per heavy atom. The van der Waals surface area contributed by atoms with Crippen LogP contribution in [0.25, 0.3) is 0 Å². The Bertz CT molecular complexity index is 1070. The zero-order valence-corrected chi connectivity index (χ0v) is 18.5. The van der Waals surface area contributed by atoms with E-state index in [2.05, 4.69) is 5.32 Å². The third kappa shape index (κ3) is 4.39. The van der Waals surface area contributed by atoms with E-state index in [1.807, 2.05) is 62.4 Å². The number of anilines is 1. The molecule has 8 heteroatoms. The van der Waals surface area contributed by atoms with Crippen molar-refractivity contribution in [1.82, 2.24) is 9.62 Å². The second-order valence-corrected chi connectivity index (χ2v) is 9.97. The van der Waals surface area contributed by atoms with E-state index in [1.54, 1.807) is 6.92 Å². The molecule has 0 aliphatic carbocycles. The molecule has 3 rings (SSSR count). The first-order valence-electron chi connectivity index (χ1n) is 9.70. The second-order valence-electron chi connectivity index (χ2n) is 7.99. The Balaban J connectivity index is 2.01. The average Bonchev–Trinajstić information content (AvgIpc) is 2.68. The third-order valence-electron chi connectivity index (χ3n) is 5.40. The van der Waals surface area contributed by atoms with Gasteiger partial charge < -0.3 is 5.32 Å². The Hall–Kier alpha value is -2.71. The molecule has 1 saturated heterocycles. The molecule has 0 bridgehead atoms. The van der Waals surface area contributed by atoms with E-state index in [0.717, 1.165) is 27.3 Å². The van der Waals surface area contributed by atoms with Crippen molar-refractivity contribution in [2.45, 2.75) is 32.9 Å². The number of rotatable bonds is 5. The molecule has 0 unspecified atom stereocenters. The summed E-state index contributed by atoms with van der Waals surface area (Å²) in [5.74, 6) is -0.841. The minimum absolute atomic E-state index is 0.119. The minimum Gasteiger partial charge on any atom is -0.350 e. The maximum Gasteiger partial charge on any atom is 0.247 e. The maximum absolute atomic E-state index is 13.4. The van der Waals surface area contributed by atoms with Crippen molar-refractivity contribution < 1.29 is 18.0 Å². The van der Waals surface area contributed by atoms with E-state index in [9.17, 15) is 18.0 Å². The van der Waals surface area contributed by atoms with Gasteiger partial charge >= 0.3 is 0 Å². The van der Waals surface area contributed by atoms with Crippen molar-refractivity contribution in [1.29, 1.82) is 0 Å². The van der Waals surface area contributed by atoms with Gasteiger partial charge in [0, 0.05) is 18.8 Å². The molecule has 2 amide bonds. The van der Waals surface area contributed by atoms with Crippen LogP contribution in [0.15, 0.2) is 48.5 Å². The van der Waals surface area contributed by atoms with Crippen molar-refractivity contribution in [2.75, 3.05) is 24.2 Å². The van der Waals surface area contributed by atoms with Gasteiger partial charge in [-0.1, -0.05) is 42.5 Å². The van der Waals surface area contributed by atoms with Crippen molar-refractivity contribution in [3.05, 3.63) is 65.2 Å². The number of sulfonamides is 1. The van der Waals surface area contributed by atoms with Gasteiger partial charge in [0.05, 0.1) is 12.8 Å². The summed E-state index contributed by atoms with van der Waals surface area (Å²) in [5.41, 5.74) is 1.91. The summed E-state index contributed by atoms with van der Waals surface area (Å²) in [6, 6.07) is 15.1. The van der Waals surface area contributed by atoms with Gasteiger partial charge in [-0.05, 0) is 43.5 Å². The molecule has 1 heterocycles. The first kappa shape index (κ1) is 22.0. The summed E-state index contributed by atoms with van der Waals surface area (Å²) in [6.45, 7) is 5.26. The highest BCUT2D eigenvalue weighted by Crippen LogP contribution is 2.33. The summed E-state index contributed by atoms with van der Waals surface area (Å²) in [5, 5.41) is 2.88. The molecule has 2 aromatic rings. The second kappa shape index (κ2) is 8.20. The van der Waals surface area contributed by atoms with Crippen LogP contribution in [0, 0.1) is 13.8 Å². The molecule has 0 aromatic heterocycles. The van der Waals surface area contributed by atoms with E-state index >= 15 is 0 Å². The number of carbonyl (C=O) groups excluding carboxylic acids is 2. The van der Waals surface area contributed by atoms with Crippen LogP contribution in [0.3, 0.4) is 0 Å². The number of hydrogen-bond acceptors (Lipinski definition) is 4. The number of piperazine rings is 1. The van der Waals surface area contributed by atoms with Crippen LogP contribution < -0.4 is 10.2 Å². The number of amides is 2. The molecular weight excluding hydrogens is 402 g/mol. The fourth-order valence-electron chi connectivity index (χ4n) is 3.70. The Labute approximate surface area is 177 Å². The van der Waals surface area contributed by atoms with Crippen molar-refractivity contribution in [2.24, 2.45) is 0 Å². The summed E-state index contributed by atoms with van der Waals surface area (Å²) in [7, 11) is -3.65. The fraction of sp³-hybridized carbons (Fsp3) is 0.364.